The molecule has 0 aliphatic carbocycles. The van der Waals surface area contributed by atoms with E-state index in [2.05, 4.69) is 0 Å². The van der Waals surface area contributed by atoms with Crippen molar-refractivity contribution in [3.05, 3.63) is 41.6 Å². The lowest BCUT2D eigenvalue weighted by molar-refractivity contribution is -0.122. The van der Waals surface area contributed by atoms with Crippen LogP contribution in [0.2, 0.25) is 0 Å². The van der Waals surface area contributed by atoms with Gasteiger partial charge in [-0.2, -0.15) is 0 Å². The SMILES string of the molecule is CN1C(=O)/C(=C\c2ccccc2)N(C)C1=O. The molecule has 0 N–H and O–H groups in total. The second-order valence-electron chi connectivity index (χ2n) is 3.65. The predicted molar refractivity (Wildman–Crippen MR) is 60.3 cm³/mol. The molecule has 0 aromatic heterocycles. The van der Waals surface area contributed by atoms with E-state index in [-0.39, 0.29) is 11.9 Å². The van der Waals surface area contributed by atoms with Gasteiger partial charge in [-0.25, -0.2) is 4.79 Å². The van der Waals surface area contributed by atoms with Crippen LogP contribution in [0.5, 0.6) is 0 Å². The summed E-state index contributed by atoms with van der Waals surface area (Å²) in [6.45, 7) is 0. The van der Waals surface area contributed by atoms with Gasteiger partial charge >= 0.3 is 6.03 Å². The minimum Gasteiger partial charge on any atom is -0.292 e. The monoisotopic (exact) mass is 216 g/mol. The Bertz CT molecular complexity index is 465. The molecule has 4 heteroatoms. The Labute approximate surface area is 93.8 Å². The quantitative estimate of drug-likeness (QED) is 0.528. The van der Waals surface area contributed by atoms with Crippen molar-refractivity contribution >= 4 is 18.0 Å². The molecular weight excluding hydrogens is 204 g/mol. The van der Waals surface area contributed by atoms with Crippen LogP contribution in [-0.4, -0.2) is 35.8 Å². The second-order valence-corrected chi connectivity index (χ2v) is 3.65. The van der Waals surface area contributed by atoms with Crippen LogP contribution < -0.4 is 0 Å². The molecule has 1 heterocycles. The summed E-state index contributed by atoms with van der Waals surface area (Å²) in [7, 11) is 3.07. The topological polar surface area (TPSA) is 40.6 Å². The van der Waals surface area contributed by atoms with Crippen LogP contribution in [0.15, 0.2) is 36.0 Å². The molecule has 16 heavy (non-hydrogen) atoms. The molecule has 1 fully saturated rings. The fourth-order valence-electron chi connectivity index (χ4n) is 1.60. The first-order chi connectivity index (χ1) is 7.61. The standard InChI is InChI=1S/C12H12N2O2/c1-13-10(11(15)14(2)12(13)16)8-9-6-4-3-5-7-9/h3-8H,1-2H3/b10-8+. The molecule has 0 bridgehead atoms. The van der Waals surface area contributed by atoms with E-state index in [1.54, 1.807) is 13.1 Å². The summed E-state index contributed by atoms with van der Waals surface area (Å²) in [5.74, 6) is -0.267. The summed E-state index contributed by atoms with van der Waals surface area (Å²) in [5, 5.41) is 0. The molecule has 0 spiro atoms. The number of likely N-dealkylation sites (N-methyl/N-ethyl adjacent to an activating group) is 2. The molecule has 82 valence electrons. The molecule has 0 radical (unpaired) electrons. The van der Waals surface area contributed by atoms with E-state index < -0.39 is 0 Å². The number of nitrogens with zero attached hydrogens (tertiary/aromatic N) is 2. The highest BCUT2D eigenvalue weighted by Crippen LogP contribution is 2.19. The fourth-order valence-corrected chi connectivity index (χ4v) is 1.60. The van der Waals surface area contributed by atoms with Crippen molar-refractivity contribution in [1.29, 1.82) is 0 Å². The fraction of sp³-hybridized carbons (Fsp3) is 0.167. The zero-order valence-electron chi connectivity index (χ0n) is 9.18. The minimum absolute atomic E-state index is 0.267. The third-order valence-electron chi connectivity index (χ3n) is 2.56. The molecular formula is C12H12N2O2. The van der Waals surface area contributed by atoms with Gasteiger partial charge in [-0.3, -0.25) is 14.6 Å². The van der Waals surface area contributed by atoms with Gasteiger partial charge in [0.15, 0.2) is 0 Å². The van der Waals surface area contributed by atoms with Crippen LogP contribution in [0.1, 0.15) is 5.56 Å². The summed E-state index contributed by atoms with van der Waals surface area (Å²) in [6.07, 6.45) is 1.71. The third kappa shape index (κ3) is 1.58. The molecule has 3 amide bonds. The number of carbonyl (C=O) groups is 2. The average Bonchev–Trinajstić information content (AvgIpc) is 2.48. The Morgan fingerprint density at radius 1 is 1.00 bits per heavy atom. The van der Waals surface area contributed by atoms with Gasteiger partial charge in [0.1, 0.15) is 5.70 Å². The van der Waals surface area contributed by atoms with Gasteiger partial charge in [-0.15, -0.1) is 0 Å². The van der Waals surface area contributed by atoms with Gasteiger partial charge in [-0.05, 0) is 11.6 Å². The first-order valence-electron chi connectivity index (χ1n) is 4.94. The molecule has 1 aliphatic rings. The molecule has 1 aliphatic heterocycles. The van der Waals surface area contributed by atoms with Crippen LogP contribution >= 0.6 is 0 Å². The van der Waals surface area contributed by atoms with Gasteiger partial charge in [-0.1, -0.05) is 30.3 Å². The normalized spacial score (nSPS) is 18.8. The Morgan fingerprint density at radius 2 is 1.62 bits per heavy atom. The predicted octanol–water partition coefficient (Wildman–Crippen LogP) is 1.55. The zero-order valence-corrected chi connectivity index (χ0v) is 9.18. The van der Waals surface area contributed by atoms with E-state index in [1.165, 1.54) is 11.9 Å². The molecule has 0 unspecified atom stereocenters. The Kier molecular flexibility index (Phi) is 2.48. The van der Waals surface area contributed by atoms with Gasteiger partial charge in [0.05, 0.1) is 0 Å². The number of imide groups is 1. The van der Waals surface area contributed by atoms with Crippen LogP contribution in [0, 0.1) is 0 Å². The lowest BCUT2D eigenvalue weighted by Crippen LogP contribution is -2.27. The van der Waals surface area contributed by atoms with Crippen molar-refractivity contribution in [1.82, 2.24) is 9.80 Å². The van der Waals surface area contributed by atoms with Crippen molar-refractivity contribution in [2.24, 2.45) is 0 Å². The maximum atomic E-state index is 11.7. The van der Waals surface area contributed by atoms with Gasteiger partial charge in [0.2, 0.25) is 0 Å². The minimum atomic E-state index is -0.299. The molecule has 0 saturated carbocycles. The van der Waals surface area contributed by atoms with Gasteiger partial charge in [0.25, 0.3) is 5.91 Å². The maximum absolute atomic E-state index is 11.7. The molecule has 4 nitrogen and oxygen atoms in total. The zero-order chi connectivity index (χ0) is 11.7. The lowest BCUT2D eigenvalue weighted by atomic mass is 10.2. The van der Waals surface area contributed by atoms with Gasteiger partial charge in [0, 0.05) is 14.1 Å². The molecule has 2 rings (SSSR count). The van der Waals surface area contributed by atoms with Crippen LogP contribution in [0.4, 0.5) is 4.79 Å². The number of urea groups is 1. The van der Waals surface area contributed by atoms with Crippen LogP contribution in [0.3, 0.4) is 0 Å². The molecule has 0 atom stereocenters. The summed E-state index contributed by atoms with van der Waals surface area (Å²) < 4.78 is 0. The summed E-state index contributed by atoms with van der Waals surface area (Å²) in [6, 6.07) is 9.15. The van der Waals surface area contributed by atoms with Crippen molar-refractivity contribution in [3.63, 3.8) is 0 Å². The Hall–Kier alpha value is -2.10. The first-order valence-corrected chi connectivity index (χ1v) is 4.94. The smallest absolute Gasteiger partial charge is 0.292 e. The van der Waals surface area contributed by atoms with E-state index in [0.29, 0.717) is 5.70 Å². The van der Waals surface area contributed by atoms with E-state index in [0.717, 1.165) is 10.5 Å². The number of carbonyl (C=O) groups excluding carboxylic acids is 2. The van der Waals surface area contributed by atoms with Gasteiger partial charge < -0.3 is 0 Å². The molecule has 1 aromatic carbocycles. The highest BCUT2D eigenvalue weighted by molar-refractivity contribution is 6.13. The number of hydrogen-bond donors (Lipinski definition) is 0. The van der Waals surface area contributed by atoms with Crippen molar-refractivity contribution in [2.75, 3.05) is 14.1 Å². The third-order valence-corrected chi connectivity index (χ3v) is 2.56. The first kappa shape index (κ1) is 10.4. The second kappa shape index (κ2) is 3.81. The number of benzene rings is 1. The summed E-state index contributed by atoms with van der Waals surface area (Å²) in [4.78, 5) is 25.7. The average molecular weight is 216 g/mol. The van der Waals surface area contributed by atoms with Crippen molar-refractivity contribution in [2.45, 2.75) is 0 Å². The number of rotatable bonds is 1. The van der Waals surface area contributed by atoms with E-state index in [1.807, 2.05) is 30.3 Å². The van der Waals surface area contributed by atoms with E-state index in [4.69, 9.17) is 0 Å². The Morgan fingerprint density at radius 3 is 2.12 bits per heavy atom. The molecule has 1 saturated heterocycles. The van der Waals surface area contributed by atoms with E-state index in [9.17, 15) is 9.59 Å². The van der Waals surface area contributed by atoms with Crippen molar-refractivity contribution < 1.29 is 9.59 Å². The van der Waals surface area contributed by atoms with Crippen LogP contribution in [-0.2, 0) is 4.79 Å². The lowest BCUT2D eigenvalue weighted by Gasteiger charge is -2.07. The van der Waals surface area contributed by atoms with E-state index >= 15 is 0 Å². The number of amides is 3. The summed E-state index contributed by atoms with van der Waals surface area (Å²) in [5.41, 5.74) is 1.31. The summed E-state index contributed by atoms with van der Waals surface area (Å²) >= 11 is 0. The van der Waals surface area contributed by atoms with Crippen LogP contribution in [0.25, 0.3) is 6.08 Å². The largest absolute Gasteiger partial charge is 0.331 e. The maximum Gasteiger partial charge on any atom is 0.331 e. The highest BCUT2D eigenvalue weighted by atomic mass is 16.2. The number of hydrogen-bond acceptors (Lipinski definition) is 2. The van der Waals surface area contributed by atoms with Crippen molar-refractivity contribution in [3.8, 4) is 0 Å². The Balaban J connectivity index is 2.39. The molecule has 1 aromatic rings. The highest BCUT2D eigenvalue weighted by Gasteiger charge is 2.35.